The van der Waals surface area contributed by atoms with Crippen LogP contribution in [0.15, 0.2) is 48.5 Å². The highest BCUT2D eigenvalue weighted by Crippen LogP contribution is 2.18. The zero-order chi connectivity index (χ0) is 19.2. The Kier molecular flexibility index (Phi) is 6.19. The van der Waals surface area contributed by atoms with Crippen molar-refractivity contribution in [2.45, 2.75) is 13.3 Å². The van der Waals surface area contributed by atoms with E-state index < -0.39 is 5.82 Å². The van der Waals surface area contributed by atoms with E-state index in [0.717, 1.165) is 13.0 Å². The molecule has 2 amide bonds. The molecule has 6 heteroatoms. The van der Waals surface area contributed by atoms with Gasteiger partial charge in [-0.05, 0) is 55.8 Å². The zero-order valence-corrected chi connectivity index (χ0v) is 15.3. The number of rotatable bonds is 6. The quantitative estimate of drug-likeness (QED) is 0.846. The van der Waals surface area contributed by atoms with E-state index in [4.69, 9.17) is 4.74 Å². The van der Waals surface area contributed by atoms with Crippen molar-refractivity contribution in [2.75, 3.05) is 31.6 Å². The first-order valence-electron chi connectivity index (χ1n) is 9.11. The maximum atomic E-state index is 13.0. The number of hydrogen-bond donors (Lipinski definition) is 1. The Morgan fingerprint density at radius 1 is 1.19 bits per heavy atom. The standard InChI is InChI=1S/C21H23FN2O3/c1-2-24(13-15-10-11-27-14-15)21(26)17-4-3-5-19(12-17)23-20(25)16-6-8-18(22)9-7-16/h3-9,12,15H,2,10-11,13-14H2,1H3,(H,23,25)/t15-/m0/s1. The van der Waals surface area contributed by atoms with Gasteiger partial charge in [0.25, 0.3) is 11.8 Å². The number of carbonyl (C=O) groups is 2. The summed E-state index contributed by atoms with van der Waals surface area (Å²) in [5.74, 6) is -0.445. The Labute approximate surface area is 158 Å². The summed E-state index contributed by atoms with van der Waals surface area (Å²) in [6, 6.07) is 12.2. The van der Waals surface area contributed by atoms with Crippen molar-refractivity contribution in [3.63, 3.8) is 0 Å². The van der Waals surface area contributed by atoms with Gasteiger partial charge in [0.1, 0.15) is 5.82 Å². The minimum Gasteiger partial charge on any atom is -0.381 e. The SMILES string of the molecule is CCN(C[C@@H]1CCOC1)C(=O)c1cccc(NC(=O)c2ccc(F)cc2)c1. The molecule has 1 N–H and O–H groups in total. The fraction of sp³-hybridized carbons (Fsp3) is 0.333. The summed E-state index contributed by atoms with van der Waals surface area (Å²) >= 11 is 0. The van der Waals surface area contributed by atoms with Crippen molar-refractivity contribution in [2.24, 2.45) is 5.92 Å². The predicted octanol–water partition coefficient (Wildman–Crippen LogP) is 3.58. The molecule has 2 aromatic carbocycles. The minimum atomic E-state index is -0.397. The van der Waals surface area contributed by atoms with E-state index in [-0.39, 0.29) is 11.8 Å². The van der Waals surface area contributed by atoms with E-state index in [2.05, 4.69) is 5.32 Å². The fourth-order valence-corrected chi connectivity index (χ4v) is 3.11. The maximum Gasteiger partial charge on any atom is 0.255 e. The van der Waals surface area contributed by atoms with Crippen molar-refractivity contribution in [1.82, 2.24) is 4.90 Å². The first-order valence-corrected chi connectivity index (χ1v) is 9.11. The van der Waals surface area contributed by atoms with Crippen LogP contribution in [0.25, 0.3) is 0 Å². The fourth-order valence-electron chi connectivity index (χ4n) is 3.11. The molecular formula is C21H23FN2O3. The van der Waals surface area contributed by atoms with Crippen LogP contribution in [0.1, 0.15) is 34.1 Å². The lowest BCUT2D eigenvalue weighted by molar-refractivity contribution is 0.0730. The smallest absolute Gasteiger partial charge is 0.255 e. The third-order valence-electron chi connectivity index (χ3n) is 4.65. The van der Waals surface area contributed by atoms with Gasteiger partial charge in [0.15, 0.2) is 0 Å². The molecular weight excluding hydrogens is 347 g/mol. The van der Waals surface area contributed by atoms with Gasteiger partial charge in [-0.3, -0.25) is 9.59 Å². The number of nitrogens with one attached hydrogen (secondary N) is 1. The van der Waals surface area contributed by atoms with Crippen LogP contribution >= 0.6 is 0 Å². The van der Waals surface area contributed by atoms with Crippen molar-refractivity contribution in [3.05, 3.63) is 65.5 Å². The molecule has 5 nitrogen and oxygen atoms in total. The first kappa shape index (κ1) is 19.0. The van der Waals surface area contributed by atoms with Crippen molar-refractivity contribution < 1.29 is 18.7 Å². The molecule has 1 aliphatic heterocycles. The molecule has 0 aliphatic carbocycles. The number of anilines is 1. The van der Waals surface area contributed by atoms with Crippen LogP contribution in [0, 0.1) is 11.7 Å². The van der Waals surface area contributed by atoms with Gasteiger partial charge < -0.3 is 15.0 Å². The highest BCUT2D eigenvalue weighted by molar-refractivity contribution is 6.05. The molecule has 0 saturated carbocycles. The van der Waals surface area contributed by atoms with Gasteiger partial charge in [-0.15, -0.1) is 0 Å². The molecule has 1 atom stereocenters. The summed E-state index contributed by atoms with van der Waals surface area (Å²) in [5.41, 5.74) is 1.40. The molecule has 1 aliphatic rings. The van der Waals surface area contributed by atoms with Gasteiger partial charge in [0, 0.05) is 42.4 Å². The average Bonchev–Trinajstić information content (AvgIpc) is 3.19. The first-order chi connectivity index (χ1) is 13.1. The van der Waals surface area contributed by atoms with Crippen LogP contribution in [0.4, 0.5) is 10.1 Å². The normalized spacial score (nSPS) is 16.1. The molecule has 1 saturated heterocycles. The summed E-state index contributed by atoms with van der Waals surface area (Å²) in [5, 5.41) is 2.75. The van der Waals surface area contributed by atoms with E-state index >= 15 is 0 Å². The lowest BCUT2D eigenvalue weighted by atomic mass is 10.1. The highest BCUT2D eigenvalue weighted by Gasteiger charge is 2.22. The third kappa shape index (κ3) is 4.92. The van der Waals surface area contributed by atoms with Crippen molar-refractivity contribution in [3.8, 4) is 0 Å². The summed E-state index contributed by atoms with van der Waals surface area (Å²) in [7, 11) is 0. The van der Waals surface area contributed by atoms with Crippen LogP contribution in [0.2, 0.25) is 0 Å². The molecule has 1 heterocycles. The second-order valence-corrected chi connectivity index (χ2v) is 6.62. The Balaban J connectivity index is 1.69. The van der Waals surface area contributed by atoms with E-state index in [0.29, 0.717) is 42.4 Å². The van der Waals surface area contributed by atoms with Crippen LogP contribution in [-0.2, 0) is 4.74 Å². The summed E-state index contributed by atoms with van der Waals surface area (Å²) in [6.45, 7) is 4.68. The number of amides is 2. The molecule has 0 radical (unpaired) electrons. The zero-order valence-electron chi connectivity index (χ0n) is 15.3. The van der Waals surface area contributed by atoms with E-state index in [1.165, 1.54) is 24.3 Å². The molecule has 0 bridgehead atoms. The number of nitrogens with zero attached hydrogens (tertiary/aromatic N) is 1. The lowest BCUT2D eigenvalue weighted by Gasteiger charge is -2.24. The van der Waals surface area contributed by atoms with Gasteiger partial charge in [0.2, 0.25) is 0 Å². The Morgan fingerprint density at radius 2 is 1.96 bits per heavy atom. The van der Waals surface area contributed by atoms with Gasteiger partial charge in [-0.1, -0.05) is 6.07 Å². The molecule has 3 rings (SSSR count). The molecule has 27 heavy (non-hydrogen) atoms. The maximum absolute atomic E-state index is 13.0. The second kappa shape index (κ2) is 8.77. The average molecular weight is 370 g/mol. The molecule has 2 aromatic rings. The summed E-state index contributed by atoms with van der Waals surface area (Å²) < 4.78 is 18.4. The van der Waals surface area contributed by atoms with E-state index in [1.54, 1.807) is 29.2 Å². The third-order valence-corrected chi connectivity index (χ3v) is 4.65. The second-order valence-electron chi connectivity index (χ2n) is 6.62. The van der Waals surface area contributed by atoms with Crippen molar-refractivity contribution >= 4 is 17.5 Å². The van der Waals surface area contributed by atoms with Crippen LogP contribution in [0.5, 0.6) is 0 Å². The summed E-state index contributed by atoms with van der Waals surface area (Å²) in [6.07, 6.45) is 0.970. The largest absolute Gasteiger partial charge is 0.381 e. The topological polar surface area (TPSA) is 58.6 Å². The van der Waals surface area contributed by atoms with Gasteiger partial charge in [-0.2, -0.15) is 0 Å². The molecule has 0 spiro atoms. The molecule has 0 aromatic heterocycles. The number of hydrogen-bond acceptors (Lipinski definition) is 3. The van der Waals surface area contributed by atoms with Crippen LogP contribution < -0.4 is 5.32 Å². The number of ether oxygens (including phenoxy) is 1. The van der Waals surface area contributed by atoms with Gasteiger partial charge >= 0.3 is 0 Å². The monoisotopic (exact) mass is 370 g/mol. The molecule has 0 unspecified atom stereocenters. The Hall–Kier alpha value is -2.73. The Morgan fingerprint density at radius 3 is 2.63 bits per heavy atom. The van der Waals surface area contributed by atoms with Crippen LogP contribution in [0.3, 0.4) is 0 Å². The number of halogens is 1. The molecule has 142 valence electrons. The summed E-state index contributed by atoms with van der Waals surface area (Å²) in [4.78, 5) is 26.9. The van der Waals surface area contributed by atoms with E-state index in [9.17, 15) is 14.0 Å². The Bertz CT molecular complexity index is 801. The predicted molar refractivity (Wildman–Crippen MR) is 101 cm³/mol. The number of benzene rings is 2. The van der Waals surface area contributed by atoms with E-state index in [1.807, 2.05) is 6.92 Å². The molecule has 1 fully saturated rings. The van der Waals surface area contributed by atoms with Gasteiger partial charge in [0.05, 0.1) is 6.61 Å². The highest BCUT2D eigenvalue weighted by atomic mass is 19.1. The van der Waals surface area contributed by atoms with Crippen LogP contribution in [-0.4, -0.2) is 43.0 Å². The van der Waals surface area contributed by atoms with Gasteiger partial charge in [-0.25, -0.2) is 4.39 Å². The minimum absolute atomic E-state index is 0.0673. The van der Waals surface area contributed by atoms with Crippen molar-refractivity contribution in [1.29, 1.82) is 0 Å². The number of carbonyl (C=O) groups excluding carboxylic acids is 2. The lowest BCUT2D eigenvalue weighted by Crippen LogP contribution is -2.35.